The average molecular weight is 298 g/mol. The molecule has 3 rings (SSSR count). The van der Waals surface area contributed by atoms with Gasteiger partial charge >= 0.3 is 5.97 Å². The van der Waals surface area contributed by atoms with Gasteiger partial charge in [0.15, 0.2) is 0 Å². The number of carbonyl (C=O) groups excluding carboxylic acids is 1. The van der Waals surface area contributed by atoms with Gasteiger partial charge in [-0.1, -0.05) is 0 Å². The van der Waals surface area contributed by atoms with Gasteiger partial charge in [0.05, 0.1) is 6.04 Å². The zero-order valence-corrected chi connectivity index (χ0v) is 12.4. The number of amides is 1. The molecule has 2 N–H and O–H groups in total. The van der Waals surface area contributed by atoms with Gasteiger partial charge < -0.3 is 15.3 Å². The first-order chi connectivity index (χ1) is 9.65. The second-order valence-corrected chi connectivity index (χ2v) is 7.30. The first kappa shape index (κ1) is 14.2. The van der Waals surface area contributed by atoms with Crippen molar-refractivity contribution in [1.29, 1.82) is 0 Å². The number of nitrogens with zero attached hydrogens (tertiary/aromatic N) is 1. The van der Waals surface area contributed by atoms with Crippen molar-refractivity contribution >= 4 is 23.6 Å². The minimum atomic E-state index is -0.709. The molecular weight excluding hydrogens is 276 g/mol. The number of thioether (sulfide) groups is 1. The molecule has 3 heterocycles. The van der Waals surface area contributed by atoms with Gasteiger partial charge in [0.2, 0.25) is 5.91 Å². The minimum absolute atomic E-state index is 0.0344. The molecule has 0 spiro atoms. The predicted octanol–water partition coefficient (Wildman–Crippen LogP) is 0.936. The molecule has 3 atom stereocenters. The summed E-state index contributed by atoms with van der Waals surface area (Å²) in [6.45, 7) is 0.909. The predicted molar refractivity (Wildman–Crippen MR) is 77.7 cm³/mol. The van der Waals surface area contributed by atoms with Gasteiger partial charge in [-0.15, -0.1) is 0 Å². The Labute approximate surface area is 123 Å². The van der Waals surface area contributed by atoms with Crippen molar-refractivity contribution in [2.75, 3.05) is 18.1 Å². The lowest BCUT2D eigenvalue weighted by Crippen LogP contribution is -2.56. The lowest BCUT2D eigenvalue weighted by molar-refractivity contribution is -0.140. The topological polar surface area (TPSA) is 69.6 Å². The van der Waals surface area contributed by atoms with Gasteiger partial charge in [-0.05, 0) is 31.6 Å². The van der Waals surface area contributed by atoms with Gasteiger partial charge in [0.25, 0.3) is 0 Å². The Morgan fingerprint density at radius 3 is 2.50 bits per heavy atom. The van der Waals surface area contributed by atoms with Crippen LogP contribution in [0, 0.1) is 5.92 Å². The first-order valence-corrected chi connectivity index (χ1v) is 8.65. The number of rotatable bonds is 3. The number of carboxylic acid groups (broad SMARTS) is 1. The maximum Gasteiger partial charge on any atom is 0.303 e. The highest BCUT2D eigenvalue weighted by Crippen LogP contribution is 2.40. The van der Waals surface area contributed by atoms with E-state index in [-0.39, 0.29) is 36.4 Å². The molecule has 3 fully saturated rings. The number of carboxylic acids is 1. The van der Waals surface area contributed by atoms with Crippen LogP contribution in [0.2, 0.25) is 0 Å². The highest BCUT2D eigenvalue weighted by atomic mass is 32.2. The Balaban J connectivity index is 1.64. The van der Waals surface area contributed by atoms with E-state index in [1.165, 1.54) is 0 Å². The zero-order chi connectivity index (χ0) is 14.1. The summed E-state index contributed by atoms with van der Waals surface area (Å²) in [5.74, 6) is 1.74. The van der Waals surface area contributed by atoms with Crippen molar-refractivity contribution < 1.29 is 14.7 Å². The molecular formula is C14H22N2O3S. The number of piperidine rings is 1. The van der Waals surface area contributed by atoms with Crippen molar-refractivity contribution in [2.24, 2.45) is 5.92 Å². The smallest absolute Gasteiger partial charge is 0.303 e. The molecule has 20 heavy (non-hydrogen) atoms. The summed E-state index contributed by atoms with van der Waals surface area (Å²) >= 11 is 1.84. The van der Waals surface area contributed by atoms with E-state index in [1.54, 1.807) is 0 Å². The Morgan fingerprint density at radius 1 is 1.25 bits per heavy atom. The molecule has 0 radical (unpaired) electrons. The number of hydrogen-bond acceptors (Lipinski definition) is 4. The van der Waals surface area contributed by atoms with E-state index in [2.05, 4.69) is 10.2 Å². The lowest BCUT2D eigenvalue weighted by atomic mass is 9.88. The summed E-state index contributed by atoms with van der Waals surface area (Å²) in [5.41, 5.74) is 0. The van der Waals surface area contributed by atoms with E-state index in [4.69, 9.17) is 5.11 Å². The molecule has 3 saturated heterocycles. The van der Waals surface area contributed by atoms with Crippen LogP contribution < -0.4 is 5.32 Å². The molecule has 0 aromatic carbocycles. The van der Waals surface area contributed by atoms with E-state index in [0.717, 1.165) is 43.7 Å². The summed E-state index contributed by atoms with van der Waals surface area (Å²) in [4.78, 5) is 25.6. The molecule has 3 aliphatic rings. The van der Waals surface area contributed by atoms with Crippen molar-refractivity contribution in [1.82, 2.24) is 10.2 Å². The van der Waals surface area contributed by atoms with Crippen molar-refractivity contribution in [3.63, 3.8) is 0 Å². The molecule has 6 heteroatoms. The normalized spacial score (nSPS) is 36.9. The molecule has 112 valence electrons. The third-order valence-electron chi connectivity index (χ3n) is 4.77. The molecule has 0 aromatic rings. The van der Waals surface area contributed by atoms with Crippen LogP contribution in [0.3, 0.4) is 0 Å². The molecule has 0 saturated carbocycles. The Kier molecular flexibility index (Phi) is 4.21. The fraction of sp³-hybridized carbons (Fsp3) is 0.857. The Bertz CT molecular complexity index is 384. The standard InChI is InChI=1S/C14H22N2O3S/c17-13(18)7-9-5-10-1-2-11(6-9)16(10)14(19)12-8-20-4-3-15-12/h9-12,15H,1-8H2,(H,17,18). The van der Waals surface area contributed by atoms with Crippen LogP contribution >= 0.6 is 11.8 Å². The third kappa shape index (κ3) is 2.81. The zero-order valence-electron chi connectivity index (χ0n) is 11.6. The summed E-state index contributed by atoms with van der Waals surface area (Å²) in [6, 6.07) is 0.520. The second kappa shape index (κ2) is 5.93. The van der Waals surface area contributed by atoms with Crippen molar-refractivity contribution in [3.05, 3.63) is 0 Å². The molecule has 0 aliphatic carbocycles. The highest BCUT2D eigenvalue weighted by molar-refractivity contribution is 7.99. The van der Waals surface area contributed by atoms with E-state index in [1.807, 2.05) is 11.8 Å². The maximum atomic E-state index is 12.7. The van der Waals surface area contributed by atoms with E-state index in [0.29, 0.717) is 0 Å². The number of hydrogen-bond donors (Lipinski definition) is 2. The van der Waals surface area contributed by atoms with Gasteiger partial charge in [0, 0.05) is 36.6 Å². The van der Waals surface area contributed by atoms with Gasteiger partial charge in [-0.2, -0.15) is 11.8 Å². The van der Waals surface area contributed by atoms with Gasteiger partial charge in [-0.3, -0.25) is 9.59 Å². The fourth-order valence-corrected chi connectivity index (χ4v) is 4.89. The SMILES string of the molecule is O=C(O)CC1CC2CCC(C1)N2C(=O)C1CSCCN1. The third-order valence-corrected chi connectivity index (χ3v) is 5.83. The van der Waals surface area contributed by atoms with Crippen molar-refractivity contribution in [3.8, 4) is 0 Å². The summed E-state index contributed by atoms with van der Waals surface area (Å²) in [7, 11) is 0. The number of carbonyl (C=O) groups is 2. The fourth-order valence-electron chi connectivity index (χ4n) is 3.97. The average Bonchev–Trinajstić information content (AvgIpc) is 2.70. The van der Waals surface area contributed by atoms with Crippen LogP contribution in [-0.4, -0.2) is 58.1 Å². The number of aliphatic carboxylic acids is 1. The van der Waals surface area contributed by atoms with Crippen LogP contribution in [-0.2, 0) is 9.59 Å². The van der Waals surface area contributed by atoms with Crippen molar-refractivity contribution in [2.45, 2.75) is 50.2 Å². The number of nitrogens with one attached hydrogen (secondary N) is 1. The second-order valence-electron chi connectivity index (χ2n) is 6.15. The summed E-state index contributed by atoms with van der Waals surface area (Å²) in [6.07, 6.45) is 4.09. The van der Waals surface area contributed by atoms with E-state index >= 15 is 0 Å². The Hall–Kier alpha value is -0.750. The molecule has 1 amide bonds. The lowest BCUT2D eigenvalue weighted by Gasteiger charge is -2.41. The van der Waals surface area contributed by atoms with Crippen LogP contribution in [0.15, 0.2) is 0 Å². The van der Waals surface area contributed by atoms with Gasteiger partial charge in [-0.25, -0.2) is 0 Å². The maximum absolute atomic E-state index is 12.7. The highest BCUT2D eigenvalue weighted by Gasteiger charge is 2.45. The van der Waals surface area contributed by atoms with E-state index in [9.17, 15) is 9.59 Å². The van der Waals surface area contributed by atoms with Gasteiger partial charge in [0.1, 0.15) is 0 Å². The first-order valence-electron chi connectivity index (χ1n) is 7.50. The molecule has 0 aromatic heterocycles. The number of fused-ring (bicyclic) bond motifs is 2. The van der Waals surface area contributed by atoms with Crippen LogP contribution in [0.5, 0.6) is 0 Å². The molecule has 5 nitrogen and oxygen atoms in total. The van der Waals surface area contributed by atoms with Crippen LogP contribution in [0.1, 0.15) is 32.1 Å². The summed E-state index contributed by atoms with van der Waals surface area (Å²) < 4.78 is 0. The molecule has 3 unspecified atom stereocenters. The van der Waals surface area contributed by atoms with Crippen LogP contribution in [0.25, 0.3) is 0 Å². The van der Waals surface area contributed by atoms with E-state index < -0.39 is 5.97 Å². The molecule has 3 aliphatic heterocycles. The largest absolute Gasteiger partial charge is 0.481 e. The molecule has 2 bridgehead atoms. The minimum Gasteiger partial charge on any atom is -0.481 e. The monoisotopic (exact) mass is 298 g/mol. The summed E-state index contributed by atoms with van der Waals surface area (Å²) in [5, 5.41) is 12.3. The van der Waals surface area contributed by atoms with Crippen LogP contribution in [0.4, 0.5) is 0 Å². The Morgan fingerprint density at radius 2 is 1.95 bits per heavy atom. The quantitative estimate of drug-likeness (QED) is 0.811.